The molecular weight excluding hydrogens is 298 g/mol. The molecule has 2 aromatic rings. The Kier molecular flexibility index (Phi) is 8.99. The number of hydrogen-bond acceptors (Lipinski definition) is 3. The molecule has 0 aliphatic rings. The smallest absolute Gasteiger partial charge is 0.115 e. The fraction of sp³-hybridized carbons (Fsp3) is 0.429. The maximum absolute atomic E-state index is 9.23. The molecule has 0 spiro atoms. The highest BCUT2D eigenvalue weighted by Crippen LogP contribution is 2.09. The molecule has 2 N–H and O–H groups in total. The highest BCUT2D eigenvalue weighted by Gasteiger charge is 1.95. The van der Waals surface area contributed by atoms with Crippen molar-refractivity contribution in [1.29, 1.82) is 0 Å². The average Bonchev–Trinajstić information content (AvgIpc) is 2.62. The summed E-state index contributed by atoms with van der Waals surface area (Å²) >= 11 is 0. The van der Waals surface area contributed by atoms with Gasteiger partial charge in [-0.25, -0.2) is 0 Å². The number of ether oxygens (including phenoxy) is 1. The molecule has 0 bridgehead atoms. The Morgan fingerprint density at radius 1 is 0.750 bits per heavy atom. The molecule has 3 nitrogen and oxygen atoms in total. The van der Waals surface area contributed by atoms with Crippen LogP contribution < -0.4 is 5.32 Å². The molecule has 130 valence electrons. The van der Waals surface area contributed by atoms with Crippen molar-refractivity contribution in [3.8, 4) is 5.75 Å². The largest absolute Gasteiger partial charge is 0.508 e. The average molecular weight is 327 g/mol. The van der Waals surface area contributed by atoms with Gasteiger partial charge in [-0.2, -0.15) is 0 Å². The van der Waals surface area contributed by atoms with Gasteiger partial charge < -0.3 is 15.2 Å². The zero-order valence-electron chi connectivity index (χ0n) is 14.4. The topological polar surface area (TPSA) is 41.5 Å². The van der Waals surface area contributed by atoms with Crippen molar-refractivity contribution in [3.05, 3.63) is 65.7 Å². The van der Waals surface area contributed by atoms with E-state index in [0.717, 1.165) is 39.1 Å². The summed E-state index contributed by atoms with van der Waals surface area (Å²) in [6, 6.07) is 17.9. The van der Waals surface area contributed by atoms with Crippen molar-refractivity contribution in [1.82, 2.24) is 5.32 Å². The molecule has 0 heterocycles. The van der Waals surface area contributed by atoms with Crippen molar-refractivity contribution < 1.29 is 9.84 Å². The minimum absolute atomic E-state index is 0.324. The standard InChI is InChI=1S/C21H29NO2/c23-21-12-10-20(11-13-21)18-22-15-6-1-2-7-16-24-17-14-19-8-4-3-5-9-19/h3-5,8-13,22-23H,1-2,6-7,14-18H2. The van der Waals surface area contributed by atoms with Gasteiger partial charge in [0, 0.05) is 13.2 Å². The number of rotatable bonds is 12. The summed E-state index contributed by atoms with van der Waals surface area (Å²) in [5, 5.41) is 12.7. The van der Waals surface area contributed by atoms with E-state index < -0.39 is 0 Å². The molecule has 0 radical (unpaired) electrons. The Labute approximate surface area is 145 Å². The molecule has 24 heavy (non-hydrogen) atoms. The summed E-state index contributed by atoms with van der Waals surface area (Å²) in [7, 11) is 0. The van der Waals surface area contributed by atoms with Crippen LogP contribution in [-0.2, 0) is 17.7 Å². The van der Waals surface area contributed by atoms with E-state index >= 15 is 0 Å². The van der Waals surface area contributed by atoms with Gasteiger partial charge in [-0.3, -0.25) is 0 Å². The molecule has 0 amide bonds. The monoisotopic (exact) mass is 327 g/mol. The first-order valence-corrected chi connectivity index (χ1v) is 8.95. The molecule has 3 heteroatoms. The van der Waals surface area contributed by atoms with Crippen molar-refractivity contribution in [2.75, 3.05) is 19.8 Å². The minimum atomic E-state index is 0.324. The molecule has 0 saturated carbocycles. The van der Waals surface area contributed by atoms with Crippen LogP contribution in [0.4, 0.5) is 0 Å². The third-order valence-corrected chi connectivity index (χ3v) is 4.04. The number of aromatic hydroxyl groups is 1. The number of phenols is 1. The predicted octanol–water partition coefficient (Wildman–Crippen LogP) is 4.30. The van der Waals surface area contributed by atoms with E-state index in [1.165, 1.54) is 30.4 Å². The van der Waals surface area contributed by atoms with Crippen molar-refractivity contribution in [3.63, 3.8) is 0 Å². The van der Waals surface area contributed by atoms with Crippen LogP contribution in [0.15, 0.2) is 54.6 Å². The van der Waals surface area contributed by atoms with Gasteiger partial charge in [0.25, 0.3) is 0 Å². The van der Waals surface area contributed by atoms with Crippen LogP contribution in [0.25, 0.3) is 0 Å². The Morgan fingerprint density at radius 2 is 1.50 bits per heavy atom. The fourth-order valence-corrected chi connectivity index (χ4v) is 2.59. The van der Waals surface area contributed by atoms with Gasteiger partial charge in [0.1, 0.15) is 5.75 Å². The van der Waals surface area contributed by atoms with Gasteiger partial charge in [0.15, 0.2) is 0 Å². The Bertz CT molecular complexity index is 540. The van der Waals surface area contributed by atoms with Crippen molar-refractivity contribution >= 4 is 0 Å². The molecule has 2 rings (SSSR count). The number of nitrogens with one attached hydrogen (secondary N) is 1. The third-order valence-electron chi connectivity index (χ3n) is 4.04. The van der Waals surface area contributed by atoms with E-state index in [4.69, 9.17) is 4.74 Å². The van der Waals surface area contributed by atoms with Crippen LogP contribution in [0, 0.1) is 0 Å². The maximum atomic E-state index is 9.23. The summed E-state index contributed by atoms with van der Waals surface area (Å²) in [6.45, 7) is 3.59. The van der Waals surface area contributed by atoms with Gasteiger partial charge >= 0.3 is 0 Å². The summed E-state index contributed by atoms with van der Waals surface area (Å²) < 4.78 is 5.70. The third kappa shape index (κ3) is 8.14. The van der Waals surface area contributed by atoms with Crippen molar-refractivity contribution in [2.24, 2.45) is 0 Å². The lowest BCUT2D eigenvalue weighted by atomic mass is 10.2. The molecule has 0 unspecified atom stereocenters. The van der Waals surface area contributed by atoms with E-state index in [1.54, 1.807) is 12.1 Å². The number of hydrogen-bond donors (Lipinski definition) is 2. The van der Waals surface area contributed by atoms with Gasteiger partial charge in [0.05, 0.1) is 6.61 Å². The lowest BCUT2D eigenvalue weighted by molar-refractivity contribution is 0.133. The van der Waals surface area contributed by atoms with E-state index in [9.17, 15) is 5.11 Å². The van der Waals surface area contributed by atoms with Crippen LogP contribution in [0.3, 0.4) is 0 Å². The van der Waals surface area contributed by atoms with Crippen LogP contribution in [0.2, 0.25) is 0 Å². The second-order valence-corrected chi connectivity index (χ2v) is 6.11. The number of unbranched alkanes of at least 4 members (excludes halogenated alkanes) is 3. The summed E-state index contributed by atoms with van der Waals surface area (Å²) in [4.78, 5) is 0. The fourth-order valence-electron chi connectivity index (χ4n) is 2.59. The molecular formula is C21H29NO2. The highest BCUT2D eigenvalue weighted by molar-refractivity contribution is 5.25. The first kappa shape index (κ1) is 18.5. The van der Waals surface area contributed by atoms with Crippen LogP contribution in [-0.4, -0.2) is 24.9 Å². The zero-order chi connectivity index (χ0) is 16.9. The van der Waals surface area contributed by atoms with Gasteiger partial charge in [-0.05, 0) is 49.1 Å². The van der Waals surface area contributed by atoms with Gasteiger partial charge in [0.2, 0.25) is 0 Å². The molecule has 0 aliphatic carbocycles. The maximum Gasteiger partial charge on any atom is 0.115 e. The van der Waals surface area contributed by atoms with Crippen LogP contribution >= 0.6 is 0 Å². The molecule has 0 atom stereocenters. The normalized spacial score (nSPS) is 10.8. The predicted molar refractivity (Wildman–Crippen MR) is 99.2 cm³/mol. The summed E-state index contributed by atoms with van der Waals surface area (Å²) in [5.74, 6) is 0.324. The van der Waals surface area contributed by atoms with Crippen LogP contribution in [0.5, 0.6) is 5.75 Å². The highest BCUT2D eigenvalue weighted by atomic mass is 16.5. The second kappa shape index (κ2) is 11.7. The van der Waals surface area contributed by atoms with E-state index in [0.29, 0.717) is 5.75 Å². The Morgan fingerprint density at radius 3 is 2.29 bits per heavy atom. The summed E-state index contributed by atoms with van der Waals surface area (Å²) in [5.41, 5.74) is 2.55. The van der Waals surface area contributed by atoms with E-state index in [2.05, 4.69) is 29.6 Å². The molecule has 0 aromatic heterocycles. The van der Waals surface area contributed by atoms with E-state index in [-0.39, 0.29) is 0 Å². The van der Waals surface area contributed by atoms with E-state index in [1.807, 2.05) is 18.2 Å². The number of benzene rings is 2. The Balaban J connectivity index is 1.36. The lowest BCUT2D eigenvalue weighted by Crippen LogP contribution is -2.14. The molecule has 2 aromatic carbocycles. The molecule has 0 fully saturated rings. The first-order valence-electron chi connectivity index (χ1n) is 8.95. The molecule has 0 saturated heterocycles. The SMILES string of the molecule is Oc1ccc(CNCCCCCCOCCc2ccccc2)cc1. The van der Waals surface area contributed by atoms with Crippen molar-refractivity contribution in [2.45, 2.75) is 38.6 Å². The first-order chi connectivity index (χ1) is 11.8. The molecule has 0 aliphatic heterocycles. The number of phenolic OH excluding ortho intramolecular Hbond substituents is 1. The Hall–Kier alpha value is -1.84. The van der Waals surface area contributed by atoms with Gasteiger partial charge in [-0.1, -0.05) is 55.3 Å². The van der Waals surface area contributed by atoms with Crippen LogP contribution in [0.1, 0.15) is 36.8 Å². The lowest BCUT2D eigenvalue weighted by Gasteiger charge is -2.06. The minimum Gasteiger partial charge on any atom is -0.508 e. The zero-order valence-corrected chi connectivity index (χ0v) is 14.4. The quantitative estimate of drug-likeness (QED) is 0.571. The summed E-state index contributed by atoms with van der Waals surface area (Å²) in [6.07, 6.45) is 5.81. The second-order valence-electron chi connectivity index (χ2n) is 6.11. The van der Waals surface area contributed by atoms with Gasteiger partial charge in [-0.15, -0.1) is 0 Å².